The second-order valence-electron chi connectivity index (χ2n) is 3.65. The first-order valence-electron chi connectivity index (χ1n) is 5.08. The Labute approximate surface area is 85.2 Å². The molecule has 0 bridgehead atoms. The molecule has 0 amide bonds. The van der Waals surface area contributed by atoms with Gasteiger partial charge in [-0.15, -0.1) is 0 Å². The van der Waals surface area contributed by atoms with E-state index in [0.717, 1.165) is 12.8 Å². The van der Waals surface area contributed by atoms with Crippen molar-refractivity contribution in [1.82, 2.24) is 0 Å². The Hall–Kier alpha value is -0.860. The number of benzene rings is 1. The summed E-state index contributed by atoms with van der Waals surface area (Å²) in [4.78, 5) is 0. The van der Waals surface area contributed by atoms with Crippen LogP contribution in [-0.2, 0) is 6.42 Å². The van der Waals surface area contributed by atoms with Crippen LogP contribution in [0.2, 0.25) is 0 Å². The van der Waals surface area contributed by atoms with Gasteiger partial charge >= 0.3 is 0 Å². The van der Waals surface area contributed by atoms with Gasteiger partial charge in [-0.25, -0.2) is 0 Å². The molecule has 0 saturated carbocycles. The molecular formula is C12H18O2. The normalized spacial score (nSPS) is 12.8. The third-order valence-corrected chi connectivity index (χ3v) is 2.45. The maximum absolute atomic E-state index is 8.97. The van der Waals surface area contributed by atoms with E-state index in [9.17, 15) is 0 Å². The van der Waals surface area contributed by atoms with Gasteiger partial charge in [0.25, 0.3) is 0 Å². The molecule has 0 fully saturated rings. The lowest BCUT2D eigenvalue weighted by Gasteiger charge is -2.08. The van der Waals surface area contributed by atoms with Crippen LogP contribution in [0.4, 0.5) is 0 Å². The van der Waals surface area contributed by atoms with Crippen LogP contribution < -0.4 is 0 Å². The minimum Gasteiger partial charge on any atom is -0.396 e. The zero-order valence-corrected chi connectivity index (χ0v) is 8.61. The molecule has 0 aromatic heterocycles. The monoisotopic (exact) mass is 194 g/mol. The third-order valence-electron chi connectivity index (χ3n) is 2.45. The van der Waals surface area contributed by atoms with Crippen molar-refractivity contribution >= 4 is 0 Å². The predicted octanol–water partition coefficient (Wildman–Crippen LogP) is 1.71. The minimum absolute atomic E-state index is 0.190. The Bertz CT molecular complexity index is 254. The fourth-order valence-electron chi connectivity index (χ4n) is 1.40. The zero-order chi connectivity index (χ0) is 10.4. The topological polar surface area (TPSA) is 40.5 Å². The molecule has 2 nitrogen and oxygen atoms in total. The average Bonchev–Trinajstić information content (AvgIpc) is 2.26. The minimum atomic E-state index is 0.190. The number of aliphatic hydroxyl groups excluding tert-OH is 2. The SMILES string of the molecule is CC(CO)c1ccc(CCCO)cc1. The molecule has 1 atom stereocenters. The summed E-state index contributed by atoms with van der Waals surface area (Å²) < 4.78 is 0. The second kappa shape index (κ2) is 5.78. The molecule has 78 valence electrons. The van der Waals surface area contributed by atoms with Gasteiger partial charge in [0.05, 0.1) is 0 Å². The average molecular weight is 194 g/mol. The highest BCUT2D eigenvalue weighted by Crippen LogP contribution is 2.15. The summed E-state index contributed by atoms with van der Waals surface area (Å²) in [6.45, 7) is 2.44. The Morgan fingerprint density at radius 2 is 1.79 bits per heavy atom. The van der Waals surface area contributed by atoms with Gasteiger partial charge in [-0.1, -0.05) is 31.2 Å². The fourth-order valence-corrected chi connectivity index (χ4v) is 1.40. The smallest absolute Gasteiger partial charge is 0.0497 e. The first kappa shape index (κ1) is 11.2. The van der Waals surface area contributed by atoms with Crippen molar-refractivity contribution in [3.05, 3.63) is 35.4 Å². The van der Waals surface area contributed by atoms with Crippen molar-refractivity contribution in [3.63, 3.8) is 0 Å². The highest BCUT2D eigenvalue weighted by Gasteiger charge is 2.02. The highest BCUT2D eigenvalue weighted by molar-refractivity contribution is 5.25. The molecule has 1 unspecified atom stereocenters. The lowest BCUT2D eigenvalue weighted by Crippen LogP contribution is -1.99. The van der Waals surface area contributed by atoms with Crippen LogP contribution in [0.25, 0.3) is 0 Å². The van der Waals surface area contributed by atoms with Gasteiger partial charge in [0.2, 0.25) is 0 Å². The largest absolute Gasteiger partial charge is 0.396 e. The summed E-state index contributed by atoms with van der Waals surface area (Å²) in [5.41, 5.74) is 2.41. The molecule has 14 heavy (non-hydrogen) atoms. The molecule has 0 saturated heterocycles. The summed E-state index contributed by atoms with van der Waals surface area (Å²) in [6, 6.07) is 8.23. The Balaban J connectivity index is 2.59. The van der Waals surface area contributed by atoms with Gasteiger partial charge in [-0.3, -0.25) is 0 Å². The van der Waals surface area contributed by atoms with Gasteiger partial charge in [0.1, 0.15) is 0 Å². The summed E-state index contributed by atoms with van der Waals surface area (Å²) in [7, 11) is 0. The Morgan fingerprint density at radius 3 is 2.29 bits per heavy atom. The van der Waals surface area contributed by atoms with E-state index in [4.69, 9.17) is 10.2 Å². The van der Waals surface area contributed by atoms with Gasteiger partial charge in [0.15, 0.2) is 0 Å². The van der Waals surface area contributed by atoms with E-state index in [2.05, 4.69) is 12.1 Å². The molecular weight excluding hydrogens is 176 g/mol. The van der Waals surface area contributed by atoms with Crippen molar-refractivity contribution in [1.29, 1.82) is 0 Å². The van der Waals surface area contributed by atoms with E-state index < -0.39 is 0 Å². The molecule has 0 aliphatic carbocycles. The molecule has 1 aromatic rings. The third kappa shape index (κ3) is 3.13. The van der Waals surface area contributed by atoms with Crippen molar-refractivity contribution in [3.8, 4) is 0 Å². The standard InChI is InChI=1S/C12H18O2/c1-10(9-14)12-6-4-11(5-7-12)3-2-8-13/h4-7,10,13-14H,2-3,8-9H2,1H3. The molecule has 0 aliphatic rings. The Morgan fingerprint density at radius 1 is 1.14 bits per heavy atom. The molecule has 2 N–H and O–H groups in total. The van der Waals surface area contributed by atoms with Gasteiger partial charge in [-0.2, -0.15) is 0 Å². The van der Waals surface area contributed by atoms with Gasteiger partial charge in [0, 0.05) is 19.1 Å². The Kier molecular flexibility index (Phi) is 4.63. The van der Waals surface area contributed by atoms with Crippen molar-refractivity contribution in [2.45, 2.75) is 25.7 Å². The molecule has 0 aliphatic heterocycles. The molecule has 2 heteroatoms. The quantitative estimate of drug-likeness (QED) is 0.749. The van der Waals surface area contributed by atoms with Crippen LogP contribution in [-0.4, -0.2) is 23.4 Å². The number of hydrogen-bond acceptors (Lipinski definition) is 2. The van der Waals surface area contributed by atoms with Crippen LogP contribution in [0.5, 0.6) is 0 Å². The lowest BCUT2D eigenvalue weighted by molar-refractivity contribution is 0.273. The van der Waals surface area contributed by atoms with Crippen molar-refractivity contribution < 1.29 is 10.2 Å². The molecule has 0 radical (unpaired) electrons. The summed E-state index contributed by atoms with van der Waals surface area (Å²) in [5, 5.41) is 17.6. The van der Waals surface area contributed by atoms with E-state index in [0.29, 0.717) is 0 Å². The maximum Gasteiger partial charge on any atom is 0.0497 e. The summed E-state index contributed by atoms with van der Waals surface area (Å²) in [5.74, 6) is 0.210. The number of hydrogen-bond donors (Lipinski definition) is 2. The van der Waals surface area contributed by atoms with E-state index in [-0.39, 0.29) is 19.1 Å². The molecule has 1 aromatic carbocycles. The van der Waals surface area contributed by atoms with Crippen LogP contribution in [0.15, 0.2) is 24.3 Å². The van der Waals surface area contributed by atoms with Gasteiger partial charge < -0.3 is 10.2 Å². The second-order valence-corrected chi connectivity index (χ2v) is 3.65. The first-order valence-corrected chi connectivity index (χ1v) is 5.08. The first-order chi connectivity index (χ1) is 6.77. The zero-order valence-electron chi connectivity index (χ0n) is 8.61. The summed E-state index contributed by atoms with van der Waals surface area (Å²) >= 11 is 0. The molecule has 0 heterocycles. The highest BCUT2D eigenvalue weighted by atomic mass is 16.3. The molecule has 1 rings (SSSR count). The van der Waals surface area contributed by atoms with Crippen LogP contribution >= 0.6 is 0 Å². The van der Waals surface area contributed by atoms with Crippen LogP contribution in [0.1, 0.15) is 30.4 Å². The van der Waals surface area contributed by atoms with Crippen molar-refractivity contribution in [2.75, 3.05) is 13.2 Å². The van der Waals surface area contributed by atoms with E-state index in [1.807, 2.05) is 19.1 Å². The van der Waals surface area contributed by atoms with Crippen molar-refractivity contribution in [2.24, 2.45) is 0 Å². The lowest BCUT2D eigenvalue weighted by atomic mass is 9.99. The summed E-state index contributed by atoms with van der Waals surface area (Å²) in [6.07, 6.45) is 1.74. The number of aliphatic hydroxyl groups is 2. The van der Waals surface area contributed by atoms with E-state index in [1.165, 1.54) is 11.1 Å². The maximum atomic E-state index is 8.97. The fraction of sp³-hybridized carbons (Fsp3) is 0.500. The van der Waals surface area contributed by atoms with E-state index >= 15 is 0 Å². The molecule has 0 spiro atoms. The number of rotatable bonds is 5. The predicted molar refractivity (Wildman–Crippen MR) is 57.3 cm³/mol. The van der Waals surface area contributed by atoms with Gasteiger partial charge in [-0.05, 0) is 24.0 Å². The van der Waals surface area contributed by atoms with Crippen LogP contribution in [0.3, 0.4) is 0 Å². The number of aryl methyl sites for hydroxylation is 1. The van der Waals surface area contributed by atoms with Crippen LogP contribution in [0, 0.1) is 0 Å². The van der Waals surface area contributed by atoms with E-state index in [1.54, 1.807) is 0 Å².